The van der Waals surface area contributed by atoms with Crippen LogP contribution in [-0.4, -0.2) is 16.2 Å². The standard InChI is InChI=1S/C20H18N2O4S/c1-11-7-15-14(10-24-16(15)8-12(11)2)9-18(23)25-13(3)19-21-22-20(26-19)17-5-4-6-27-17/h4-8,10,13H,9H2,1-3H3/t13-/m1/s1. The van der Waals surface area contributed by atoms with Gasteiger partial charge in [-0.3, -0.25) is 4.79 Å². The summed E-state index contributed by atoms with van der Waals surface area (Å²) in [5, 5.41) is 10.9. The molecule has 0 bridgehead atoms. The van der Waals surface area contributed by atoms with Gasteiger partial charge in [-0.1, -0.05) is 6.07 Å². The lowest BCUT2D eigenvalue weighted by Gasteiger charge is -2.09. The third-order valence-electron chi connectivity index (χ3n) is 4.43. The zero-order valence-corrected chi connectivity index (χ0v) is 16.0. The van der Waals surface area contributed by atoms with E-state index in [9.17, 15) is 4.79 Å². The molecule has 0 aliphatic heterocycles. The monoisotopic (exact) mass is 382 g/mol. The van der Waals surface area contributed by atoms with Gasteiger partial charge in [0.25, 0.3) is 11.8 Å². The fourth-order valence-electron chi connectivity index (χ4n) is 2.82. The second-order valence-electron chi connectivity index (χ2n) is 6.43. The smallest absolute Gasteiger partial charge is 0.311 e. The summed E-state index contributed by atoms with van der Waals surface area (Å²) in [4.78, 5) is 13.3. The van der Waals surface area contributed by atoms with Gasteiger partial charge in [0.05, 0.1) is 17.6 Å². The summed E-state index contributed by atoms with van der Waals surface area (Å²) in [6.45, 7) is 5.78. The SMILES string of the molecule is Cc1cc2occ(CC(=O)O[C@H](C)c3nnc(-c4cccs4)o3)c2cc1C. The predicted molar refractivity (Wildman–Crippen MR) is 102 cm³/mol. The molecule has 0 aliphatic carbocycles. The molecule has 7 heteroatoms. The van der Waals surface area contributed by atoms with E-state index in [0.29, 0.717) is 5.89 Å². The third-order valence-corrected chi connectivity index (χ3v) is 5.29. The largest absolute Gasteiger partial charge is 0.464 e. The van der Waals surface area contributed by atoms with Crippen molar-refractivity contribution < 1.29 is 18.4 Å². The highest BCUT2D eigenvalue weighted by Gasteiger charge is 2.20. The van der Waals surface area contributed by atoms with Gasteiger partial charge in [-0.05, 0) is 55.5 Å². The Morgan fingerprint density at radius 3 is 2.85 bits per heavy atom. The number of furan rings is 1. The van der Waals surface area contributed by atoms with Gasteiger partial charge < -0.3 is 13.6 Å². The number of ether oxygens (including phenoxy) is 1. The molecule has 6 nitrogen and oxygen atoms in total. The van der Waals surface area contributed by atoms with Crippen LogP contribution in [0, 0.1) is 13.8 Å². The average Bonchev–Trinajstić information content (AvgIpc) is 3.36. The molecule has 138 valence electrons. The van der Waals surface area contributed by atoms with Gasteiger partial charge in [0, 0.05) is 10.9 Å². The van der Waals surface area contributed by atoms with Gasteiger partial charge in [-0.15, -0.1) is 21.5 Å². The molecule has 4 rings (SSSR count). The number of esters is 1. The molecule has 4 aromatic rings. The summed E-state index contributed by atoms with van der Waals surface area (Å²) in [5.74, 6) is 0.323. The minimum Gasteiger partial charge on any atom is -0.464 e. The highest BCUT2D eigenvalue weighted by atomic mass is 32.1. The van der Waals surface area contributed by atoms with E-state index in [2.05, 4.69) is 10.2 Å². The van der Waals surface area contributed by atoms with Crippen molar-refractivity contribution in [2.75, 3.05) is 0 Å². The summed E-state index contributed by atoms with van der Waals surface area (Å²) in [5.41, 5.74) is 3.87. The van der Waals surface area contributed by atoms with Crippen LogP contribution < -0.4 is 0 Å². The summed E-state index contributed by atoms with van der Waals surface area (Å²) in [7, 11) is 0. The molecule has 0 radical (unpaired) electrons. The van der Waals surface area contributed by atoms with Crippen molar-refractivity contribution in [3.8, 4) is 10.8 Å². The summed E-state index contributed by atoms with van der Waals surface area (Å²) < 4.78 is 16.7. The van der Waals surface area contributed by atoms with Gasteiger partial charge in [0.1, 0.15) is 5.58 Å². The minimum atomic E-state index is -0.624. The molecule has 1 aromatic carbocycles. The summed E-state index contributed by atoms with van der Waals surface area (Å²) >= 11 is 1.51. The van der Waals surface area contributed by atoms with Gasteiger partial charge in [0.15, 0.2) is 6.10 Å². The lowest BCUT2D eigenvalue weighted by atomic mass is 10.0. The van der Waals surface area contributed by atoms with Crippen LogP contribution in [0.5, 0.6) is 0 Å². The first-order chi connectivity index (χ1) is 13.0. The Hall–Kier alpha value is -2.93. The molecule has 0 unspecified atom stereocenters. The maximum atomic E-state index is 12.4. The number of benzene rings is 1. The van der Waals surface area contributed by atoms with Gasteiger partial charge in [0.2, 0.25) is 0 Å². The minimum absolute atomic E-state index is 0.117. The number of thiophene rings is 1. The molecule has 3 aromatic heterocycles. The van der Waals surface area contributed by atoms with Crippen molar-refractivity contribution in [3.05, 3.63) is 58.5 Å². The first-order valence-electron chi connectivity index (χ1n) is 8.55. The lowest BCUT2D eigenvalue weighted by Crippen LogP contribution is -2.11. The highest BCUT2D eigenvalue weighted by molar-refractivity contribution is 7.13. The van der Waals surface area contributed by atoms with Crippen molar-refractivity contribution in [2.45, 2.75) is 33.3 Å². The number of fused-ring (bicyclic) bond motifs is 1. The lowest BCUT2D eigenvalue weighted by molar-refractivity contribution is -0.148. The van der Waals surface area contributed by atoms with Gasteiger partial charge >= 0.3 is 5.97 Å². The molecule has 0 spiro atoms. The Labute approximate surface area is 159 Å². The maximum absolute atomic E-state index is 12.4. The fourth-order valence-corrected chi connectivity index (χ4v) is 3.46. The van der Waals surface area contributed by atoms with Crippen LogP contribution in [0.25, 0.3) is 21.7 Å². The van der Waals surface area contributed by atoms with Crippen LogP contribution in [-0.2, 0) is 16.0 Å². The van der Waals surface area contributed by atoms with Crippen molar-refractivity contribution >= 4 is 28.3 Å². The maximum Gasteiger partial charge on any atom is 0.311 e. The van der Waals surface area contributed by atoms with Crippen LogP contribution in [0.2, 0.25) is 0 Å². The number of aromatic nitrogens is 2. The summed E-state index contributed by atoms with van der Waals surface area (Å²) in [6, 6.07) is 7.82. The zero-order chi connectivity index (χ0) is 19.0. The molecule has 0 saturated carbocycles. The van der Waals surface area contributed by atoms with E-state index in [-0.39, 0.29) is 18.3 Å². The second-order valence-corrected chi connectivity index (χ2v) is 7.37. The second kappa shape index (κ2) is 7.00. The fraction of sp³-hybridized carbons (Fsp3) is 0.250. The molecule has 0 fully saturated rings. The summed E-state index contributed by atoms with van der Waals surface area (Å²) in [6.07, 6.45) is 1.10. The Morgan fingerprint density at radius 2 is 2.07 bits per heavy atom. The molecular weight excluding hydrogens is 364 g/mol. The molecule has 0 aliphatic rings. The third kappa shape index (κ3) is 3.50. The van der Waals surface area contributed by atoms with Crippen molar-refractivity contribution in [3.63, 3.8) is 0 Å². The molecule has 3 heterocycles. The molecule has 27 heavy (non-hydrogen) atoms. The number of rotatable bonds is 5. The number of carbonyl (C=O) groups excluding carboxylic acids is 1. The van der Waals surface area contributed by atoms with E-state index in [1.54, 1.807) is 13.2 Å². The quantitative estimate of drug-likeness (QED) is 0.452. The highest BCUT2D eigenvalue weighted by Crippen LogP contribution is 2.28. The van der Waals surface area contributed by atoms with E-state index in [0.717, 1.165) is 32.5 Å². The van der Waals surface area contributed by atoms with Crippen molar-refractivity contribution in [2.24, 2.45) is 0 Å². The number of hydrogen-bond acceptors (Lipinski definition) is 7. The van der Waals surface area contributed by atoms with Crippen molar-refractivity contribution in [1.82, 2.24) is 10.2 Å². The molecule has 0 saturated heterocycles. The number of aryl methyl sites for hydroxylation is 2. The topological polar surface area (TPSA) is 78.4 Å². The predicted octanol–water partition coefficient (Wildman–Crippen LogP) is 5.01. The molecular formula is C20H18N2O4S. The normalized spacial score (nSPS) is 12.4. The number of nitrogens with zero attached hydrogens (tertiary/aromatic N) is 2. The molecule has 0 amide bonds. The van der Waals surface area contributed by atoms with Gasteiger partial charge in [-0.2, -0.15) is 0 Å². The van der Waals surface area contributed by atoms with Crippen LogP contribution >= 0.6 is 11.3 Å². The Balaban J connectivity index is 1.46. The Morgan fingerprint density at radius 1 is 1.26 bits per heavy atom. The van der Waals surface area contributed by atoms with Gasteiger partial charge in [-0.25, -0.2) is 0 Å². The first-order valence-corrected chi connectivity index (χ1v) is 9.43. The first kappa shape index (κ1) is 17.5. The van der Waals surface area contributed by atoms with E-state index in [1.165, 1.54) is 11.3 Å². The van der Waals surface area contributed by atoms with E-state index >= 15 is 0 Å². The average molecular weight is 382 g/mol. The zero-order valence-electron chi connectivity index (χ0n) is 15.2. The molecule has 0 N–H and O–H groups in total. The van der Waals surface area contributed by atoms with Crippen LogP contribution in [0.15, 0.2) is 44.7 Å². The number of hydrogen-bond donors (Lipinski definition) is 0. The molecule has 1 atom stereocenters. The van der Waals surface area contributed by atoms with Crippen molar-refractivity contribution in [1.29, 1.82) is 0 Å². The van der Waals surface area contributed by atoms with Crippen LogP contribution in [0.3, 0.4) is 0 Å². The number of carbonyl (C=O) groups is 1. The Kier molecular flexibility index (Phi) is 4.53. The van der Waals surface area contributed by atoms with E-state index in [4.69, 9.17) is 13.6 Å². The van der Waals surface area contributed by atoms with Crippen LogP contribution in [0.4, 0.5) is 0 Å². The van der Waals surface area contributed by atoms with Crippen LogP contribution in [0.1, 0.15) is 35.6 Å². The van der Waals surface area contributed by atoms with E-state index < -0.39 is 6.10 Å². The van der Waals surface area contributed by atoms with E-state index in [1.807, 2.05) is 43.5 Å². The Bertz CT molecular complexity index is 1090.